The minimum Gasteiger partial charge on any atom is -0.478 e. The third kappa shape index (κ3) is 2.81. The van der Waals surface area contributed by atoms with Crippen molar-refractivity contribution in [1.82, 2.24) is 4.31 Å². The number of β-amino-alcohol motifs (C(OH)–C–C–N with tert-alkyl or cyclic N) is 1. The van der Waals surface area contributed by atoms with Crippen molar-refractivity contribution in [2.75, 3.05) is 13.1 Å². The van der Waals surface area contributed by atoms with Crippen LogP contribution < -0.4 is 0 Å². The molecule has 1 atom stereocenters. The molecular weight excluding hydrogens is 338 g/mol. The highest BCUT2D eigenvalue weighted by molar-refractivity contribution is 9.10. The summed E-state index contributed by atoms with van der Waals surface area (Å²) >= 11 is 3.06. The number of aliphatic hydroxyl groups is 1. The van der Waals surface area contributed by atoms with E-state index in [1.165, 1.54) is 12.1 Å². The lowest BCUT2D eigenvalue weighted by molar-refractivity contribution is 0.0695. The van der Waals surface area contributed by atoms with Gasteiger partial charge in [0.25, 0.3) is 0 Å². The van der Waals surface area contributed by atoms with Gasteiger partial charge in [-0.15, -0.1) is 0 Å². The molecular formula is C11H12BrNO5S. The van der Waals surface area contributed by atoms with E-state index < -0.39 is 22.1 Å². The van der Waals surface area contributed by atoms with Crippen LogP contribution in [0.15, 0.2) is 27.6 Å². The van der Waals surface area contributed by atoms with Crippen LogP contribution in [-0.4, -0.2) is 48.1 Å². The normalized spacial score (nSPS) is 20.6. The molecule has 2 rings (SSSR count). The predicted octanol–water partition coefficient (Wildman–Crippen LogP) is 0.903. The standard InChI is InChI=1S/C11H12BrNO5S/c12-10-2-1-8(5-9(10)11(15)16)19(17,18)13-4-3-7(14)6-13/h1-2,5,7,14H,3-4,6H2,(H,15,16)/t7-/m1/s1. The number of nitrogens with zero attached hydrogens (tertiary/aromatic N) is 1. The highest BCUT2D eigenvalue weighted by Crippen LogP contribution is 2.25. The van der Waals surface area contributed by atoms with Crippen LogP contribution in [-0.2, 0) is 10.0 Å². The fraction of sp³-hybridized carbons (Fsp3) is 0.364. The summed E-state index contributed by atoms with van der Waals surface area (Å²) in [6, 6.07) is 3.85. The fourth-order valence-electron chi connectivity index (χ4n) is 1.91. The van der Waals surface area contributed by atoms with Gasteiger partial charge in [0.05, 0.1) is 16.6 Å². The van der Waals surface area contributed by atoms with Crippen LogP contribution in [0.5, 0.6) is 0 Å². The Morgan fingerprint density at radius 3 is 2.63 bits per heavy atom. The van der Waals surface area contributed by atoms with E-state index in [2.05, 4.69) is 15.9 Å². The average molecular weight is 350 g/mol. The predicted molar refractivity (Wildman–Crippen MR) is 70.5 cm³/mol. The van der Waals surface area contributed by atoms with E-state index in [4.69, 9.17) is 5.11 Å². The highest BCUT2D eigenvalue weighted by Gasteiger charge is 2.32. The van der Waals surface area contributed by atoms with Gasteiger partial charge in [-0.3, -0.25) is 0 Å². The molecule has 0 spiro atoms. The molecule has 0 aromatic heterocycles. The Hall–Kier alpha value is -0.960. The number of aliphatic hydroxyl groups excluding tert-OH is 1. The van der Waals surface area contributed by atoms with Gasteiger partial charge in [-0.1, -0.05) is 0 Å². The first-order valence-corrected chi connectivity index (χ1v) is 7.76. The monoisotopic (exact) mass is 349 g/mol. The van der Waals surface area contributed by atoms with Crippen molar-refractivity contribution in [2.45, 2.75) is 17.4 Å². The summed E-state index contributed by atoms with van der Waals surface area (Å²) in [6.45, 7) is 0.281. The first kappa shape index (κ1) is 14.4. The van der Waals surface area contributed by atoms with E-state index in [0.29, 0.717) is 10.9 Å². The lowest BCUT2D eigenvalue weighted by Crippen LogP contribution is -2.29. The number of benzene rings is 1. The number of sulfonamides is 1. The summed E-state index contributed by atoms with van der Waals surface area (Å²) in [5.74, 6) is -1.20. The average Bonchev–Trinajstić information content (AvgIpc) is 2.76. The van der Waals surface area contributed by atoms with Crippen LogP contribution in [0.25, 0.3) is 0 Å². The molecule has 1 aromatic rings. The minimum atomic E-state index is -3.76. The molecule has 19 heavy (non-hydrogen) atoms. The van der Waals surface area contributed by atoms with Crippen molar-refractivity contribution >= 4 is 31.9 Å². The quantitative estimate of drug-likeness (QED) is 0.845. The van der Waals surface area contributed by atoms with Crippen molar-refractivity contribution in [3.63, 3.8) is 0 Å². The van der Waals surface area contributed by atoms with Gasteiger partial charge < -0.3 is 10.2 Å². The Morgan fingerprint density at radius 1 is 1.42 bits per heavy atom. The molecule has 2 N–H and O–H groups in total. The summed E-state index contributed by atoms with van der Waals surface area (Å²) in [7, 11) is -3.76. The summed E-state index contributed by atoms with van der Waals surface area (Å²) in [4.78, 5) is 10.9. The maximum atomic E-state index is 12.3. The smallest absolute Gasteiger partial charge is 0.336 e. The van der Waals surface area contributed by atoms with Gasteiger partial charge in [0.1, 0.15) is 0 Å². The first-order chi connectivity index (χ1) is 8.82. The second-order valence-corrected chi connectivity index (χ2v) is 7.04. The zero-order valence-corrected chi connectivity index (χ0v) is 12.2. The number of carbonyl (C=O) groups is 1. The maximum absolute atomic E-state index is 12.3. The summed E-state index contributed by atoms with van der Waals surface area (Å²) < 4.78 is 26.0. The third-order valence-corrected chi connectivity index (χ3v) is 5.48. The van der Waals surface area contributed by atoms with E-state index in [9.17, 15) is 18.3 Å². The molecule has 0 radical (unpaired) electrons. The molecule has 1 aromatic carbocycles. The van der Waals surface area contributed by atoms with Crippen LogP contribution in [0.4, 0.5) is 0 Å². The van der Waals surface area contributed by atoms with Gasteiger partial charge in [-0.2, -0.15) is 4.31 Å². The zero-order valence-electron chi connectivity index (χ0n) is 9.78. The summed E-state index contributed by atoms with van der Waals surface area (Å²) in [5, 5.41) is 18.4. The molecule has 1 aliphatic rings. The molecule has 0 bridgehead atoms. The molecule has 104 valence electrons. The van der Waals surface area contributed by atoms with E-state index in [0.717, 1.165) is 10.4 Å². The Labute approximate surface area is 118 Å². The van der Waals surface area contributed by atoms with Crippen LogP contribution in [0, 0.1) is 0 Å². The van der Waals surface area contributed by atoms with Gasteiger partial charge in [0.2, 0.25) is 10.0 Å². The molecule has 0 saturated carbocycles. The van der Waals surface area contributed by atoms with Crippen molar-refractivity contribution < 1.29 is 23.4 Å². The number of halogens is 1. The number of rotatable bonds is 3. The Kier molecular flexibility index (Phi) is 3.95. The van der Waals surface area contributed by atoms with Crippen LogP contribution >= 0.6 is 15.9 Å². The second kappa shape index (κ2) is 5.20. The molecule has 8 heteroatoms. The molecule has 1 saturated heterocycles. The molecule has 1 fully saturated rings. The van der Waals surface area contributed by atoms with E-state index in [1.807, 2.05) is 0 Å². The number of carboxylic acids is 1. The molecule has 1 aliphatic heterocycles. The highest BCUT2D eigenvalue weighted by atomic mass is 79.9. The molecule has 0 aliphatic carbocycles. The minimum absolute atomic E-state index is 0.0425. The Bertz CT molecular complexity index is 616. The first-order valence-electron chi connectivity index (χ1n) is 5.53. The van der Waals surface area contributed by atoms with Crippen LogP contribution in [0.2, 0.25) is 0 Å². The van der Waals surface area contributed by atoms with E-state index >= 15 is 0 Å². The topological polar surface area (TPSA) is 94.9 Å². The third-order valence-electron chi connectivity index (χ3n) is 2.93. The number of hydrogen-bond donors (Lipinski definition) is 2. The van der Waals surface area contributed by atoms with Gasteiger partial charge in [0.15, 0.2) is 0 Å². The van der Waals surface area contributed by atoms with Gasteiger partial charge in [-0.05, 0) is 40.5 Å². The fourth-order valence-corrected chi connectivity index (χ4v) is 3.84. The van der Waals surface area contributed by atoms with E-state index in [-0.39, 0.29) is 23.5 Å². The van der Waals surface area contributed by atoms with Gasteiger partial charge >= 0.3 is 5.97 Å². The largest absolute Gasteiger partial charge is 0.478 e. The number of aromatic carboxylic acids is 1. The van der Waals surface area contributed by atoms with Crippen LogP contribution in [0.3, 0.4) is 0 Å². The van der Waals surface area contributed by atoms with Crippen molar-refractivity contribution in [3.05, 3.63) is 28.2 Å². The summed E-state index contributed by atoms with van der Waals surface area (Å²) in [5.41, 5.74) is -0.110. The summed E-state index contributed by atoms with van der Waals surface area (Å²) in [6.07, 6.45) is -0.272. The number of carboxylic acid groups (broad SMARTS) is 1. The van der Waals surface area contributed by atoms with Gasteiger partial charge in [0, 0.05) is 17.6 Å². The molecule has 6 nitrogen and oxygen atoms in total. The Balaban J connectivity index is 2.41. The molecule has 0 amide bonds. The molecule has 0 unspecified atom stereocenters. The van der Waals surface area contributed by atoms with Crippen molar-refractivity contribution in [3.8, 4) is 0 Å². The van der Waals surface area contributed by atoms with Gasteiger partial charge in [-0.25, -0.2) is 13.2 Å². The Morgan fingerprint density at radius 2 is 2.11 bits per heavy atom. The van der Waals surface area contributed by atoms with E-state index in [1.54, 1.807) is 0 Å². The molecule has 1 heterocycles. The lowest BCUT2D eigenvalue weighted by Gasteiger charge is -2.16. The zero-order chi connectivity index (χ0) is 14.2. The van der Waals surface area contributed by atoms with Crippen LogP contribution in [0.1, 0.15) is 16.8 Å². The second-order valence-electron chi connectivity index (χ2n) is 4.25. The van der Waals surface area contributed by atoms with Crippen molar-refractivity contribution in [2.24, 2.45) is 0 Å². The number of hydrogen-bond acceptors (Lipinski definition) is 4. The maximum Gasteiger partial charge on any atom is 0.336 e. The SMILES string of the molecule is O=C(O)c1cc(S(=O)(=O)N2CC[C@@H](O)C2)ccc1Br. The lowest BCUT2D eigenvalue weighted by atomic mass is 10.2. The van der Waals surface area contributed by atoms with Crippen molar-refractivity contribution in [1.29, 1.82) is 0 Å².